The Morgan fingerprint density at radius 1 is 0.607 bits per heavy atom. The van der Waals surface area contributed by atoms with Crippen molar-refractivity contribution in [1.29, 1.82) is 0 Å². The Morgan fingerprint density at radius 2 is 1.18 bits per heavy atom. The van der Waals surface area contributed by atoms with Gasteiger partial charge in [0, 0.05) is 11.1 Å². The zero-order valence-electron chi connectivity index (χ0n) is 18.8. The highest BCUT2D eigenvalue weighted by Gasteiger charge is 2.64. The van der Waals surface area contributed by atoms with Gasteiger partial charge in [0.25, 0.3) is 0 Å². The molecule has 1 heteroatoms. The largest absolute Gasteiger partial charge is 0.306 e. The van der Waals surface area contributed by atoms with Crippen molar-refractivity contribution in [2.75, 3.05) is 0 Å². The second kappa shape index (κ2) is 6.24. The maximum absolute atomic E-state index is 4.65. The predicted molar refractivity (Wildman–Crippen MR) is 117 cm³/mol. The van der Waals surface area contributed by atoms with Crippen LogP contribution < -0.4 is 5.32 Å². The summed E-state index contributed by atoms with van der Waals surface area (Å²) in [6, 6.07) is 0. The molecule has 8 bridgehead atoms. The molecule has 0 radical (unpaired) electrons. The van der Waals surface area contributed by atoms with E-state index in [1.165, 1.54) is 57.8 Å². The normalized spacial score (nSPS) is 55.9. The minimum absolute atomic E-state index is 0.522. The summed E-state index contributed by atoms with van der Waals surface area (Å²) in [6.07, 6.45) is 26.1. The minimum atomic E-state index is 0.522. The molecule has 0 aromatic rings. The first-order valence-electron chi connectivity index (χ1n) is 13.3. The van der Waals surface area contributed by atoms with Crippen LogP contribution in [0.5, 0.6) is 0 Å². The Labute approximate surface area is 174 Å². The van der Waals surface area contributed by atoms with Crippen LogP contribution in [-0.4, -0.2) is 11.1 Å². The molecule has 0 aliphatic heterocycles. The second-order valence-electron chi connectivity index (χ2n) is 13.5. The molecule has 0 saturated heterocycles. The Balaban J connectivity index is 1.31. The minimum Gasteiger partial charge on any atom is -0.306 e. The van der Waals surface area contributed by atoms with Crippen molar-refractivity contribution < 1.29 is 0 Å². The van der Waals surface area contributed by atoms with Crippen molar-refractivity contribution in [2.24, 2.45) is 34.5 Å². The lowest BCUT2D eigenvalue weighted by atomic mass is 9.40. The molecule has 0 aromatic carbocycles. The van der Waals surface area contributed by atoms with Crippen LogP contribution in [0.25, 0.3) is 0 Å². The summed E-state index contributed by atoms with van der Waals surface area (Å²) in [6.45, 7) is 4.86. The molecule has 1 nitrogen and oxygen atoms in total. The fourth-order valence-corrected chi connectivity index (χ4v) is 11.5. The monoisotopic (exact) mass is 383 g/mol. The Morgan fingerprint density at radius 3 is 1.75 bits per heavy atom. The van der Waals surface area contributed by atoms with Crippen molar-refractivity contribution in [2.45, 2.75) is 134 Å². The van der Waals surface area contributed by atoms with Crippen molar-refractivity contribution in [3.8, 4) is 0 Å². The summed E-state index contributed by atoms with van der Waals surface area (Å²) in [4.78, 5) is 0. The molecule has 28 heavy (non-hydrogen) atoms. The van der Waals surface area contributed by atoms with Gasteiger partial charge in [0.15, 0.2) is 0 Å². The third kappa shape index (κ3) is 2.88. The molecule has 158 valence electrons. The number of rotatable bonds is 7. The maximum Gasteiger partial charge on any atom is 0.0199 e. The van der Waals surface area contributed by atoms with E-state index in [1.807, 2.05) is 0 Å². The Bertz CT molecular complexity index is 588. The fraction of sp³-hybridized carbons (Fsp3) is 1.00. The lowest BCUT2D eigenvalue weighted by Crippen LogP contribution is -2.71. The summed E-state index contributed by atoms with van der Waals surface area (Å²) in [7, 11) is 0. The Kier molecular flexibility index (Phi) is 4.17. The summed E-state index contributed by atoms with van der Waals surface area (Å²) < 4.78 is 0. The average molecular weight is 384 g/mol. The zero-order chi connectivity index (χ0) is 19.0. The van der Waals surface area contributed by atoms with Crippen LogP contribution in [0.3, 0.4) is 0 Å². The van der Waals surface area contributed by atoms with E-state index in [2.05, 4.69) is 19.2 Å². The molecular weight excluding hydrogens is 338 g/mol. The van der Waals surface area contributed by atoms with Gasteiger partial charge in [0.05, 0.1) is 0 Å². The molecule has 4 atom stereocenters. The molecule has 8 rings (SSSR count). The number of unbranched alkanes of at least 4 members (excludes halogenated alkanes) is 1. The van der Waals surface area contributed by atoms with Gasteiger partial charge in [-0.2, -0.15) is 0 Å². The van der Waals surface area contributed by atoms with Crippen LogP contribution in [0.15, 0.2) is 0 Å². The third-order valence-electron chi connectivity index (χ3n) is 10.7. The number of hydrogen-bond acceptors (Lipinski definition) is 1. The predicted octanol–water partition coefficient (Wildman–Crippen LogP) is 7.24. The molecular formula is C27H45N. The van der Waals surface area contributed by atoms with E-state index in [9.17, 15) is 0 Å². The van der Waals surface area contributed by atoms with Gasteiger partial charge in [0.2, 0.25) is 0 Å². The van der Waals surface area contributed by atoms with Crippen LogP contribution in [0.2, 0.25) is 0 Å². The highest BCUT2D eigenvalue weighted by atomic mass is 15.1. The lowest BCUT2D eigenvalue weighted by Gasteiger charge is -2.70. The quantitative estimate of drug-likeness (QED) is 0.488. The average Bonchev–Trinajstić information content (AvgIpc) is 2.56. The molecule has 8 fully saturated rings. The number of hydrogen-bond donors (Lipinski definition) is 1. The van der Waals surface area contributed by atoms with Crippen molar-refractivity contribution in [3.63, 3.8) is 0 Å². The van der Waals surface area contributed by atoms with E-state index < -0.39 is 0 Å². The van der Waals surface area contributed by atoms with Gasteiger partial charge < -0.3 is 5.32 Å². The van der Waals surface area contributed by atoms with E-state index in [0.29, 0.717) is 21.9 Å². The van der Waals surface area contributed by atoms with Gasteiger partial charge in [0.1, 0.15) is 0 Å². The molecule has 0 heterocycles. The Hall–Kier alpha value is -0.0400. The van der Waals surface area contributed by atoms with Crippen molar-refractivity contribution >= 4 is 0 Å². The lowest BCUT2D eigenvalue weighted by molar-refractivity contribution is -0.158. The third-order valence-corrected chi connectivity index (χ3v) is 10.7. The van der Waals surface area contributed by atoms with E-state index in [4.69, 9.17) is 0 Å². The summed E-state index contributed by atoms with van der Waals surface area (Å²) in [5.41, 5.74) is 2.49. The highest BCUT2D eigenvalue weighted by Crippen LogP contribution is 2.70. The standard InChI is InChI=1S/C27H45N/c1-3-5-7-25-12-23-11-24(17-25,6-4-2)18-27(16-23,19-25)28-26-13-20-8-21(14-26)10-22(9-20)15-26/h20-23,28H,3-19H2,1-2H3. The second-order valence-corrected chi connectivity index (χ2v) is 13.5. The molecule has 4 unspecified atom stereocenters. The van der Waals surface area contributed by atoms with Gasteiger partial charge in [-0.25, -0.2) is 0 Å². The van der Waals surface area contributed by atoms with Crippen LogP contribution in [0.4, 0.5) is 0 Å². The van der Waals surface area contributed by atoms with Gasteiger partial charge in [-0.1, -0.05) is 33.1 Å². The van der Waals surface area contributed by atoms with Crippen LogP contribution in [0.1, 0.15) is 123 Å². The van der Waals surface area contributed by atoms with Gasteiger partial charge in [-0.15, -0.1) is 0 Å². The van der Waals surface area contributed by atoms with Gasteiger partial charge >= 0.3 is 0 Å². The summed E-state index contributed by atoms with van der Waals surface area (Å²) in [5, 5.41) is 4.65. The van der Waals surface area contributed by atoms with Gasteiger partial charge in [-0.05, 0) is 124 Å². The fourth-order valence-electron chi connectivity index (χ4n) is 11.5. The first-order valence-corrected chi connectivity index (χ1v) is 13.3. The first-order chi connectivity index (χ1) is 13.5. The molecule has 8 saturated carbocycles. The molecule has 1 N–H and O–H groups in total. The van der Waals surface area contributed by atoms with E-state index >= 15 is 0 Å². The SMILES string of the molecule is CCCCC12CC3CC(CCC)(C1)CC(NC14CC5CC(CC(C5)C1)C4)(C3)C2. The zero-order valence-corrected chi connectivity index (χ0v) is 18.8. The smallest absolute Gasteiger partial charge is 0.0199 e. The maximum atomic E-state index is 4.65. The van der Waals surface area contributed by atoms with Crippen LogP contribution >= 0.6 is 0 Å². The van der Waals surface area contributed by atoms with Crippen molar-refractivity contribution in [3.05, 3.63) is 0 Å². The molecule has 8 aliphatic rings. The van der Waals surface area contributed by atoms with E-state index in [1.54, 1.807) is 51.4 Å². The topological polar surface area (TPSA) is 12.0 Å². The molecule has 0 aromatic heterocycles. The number of nitrogens with one attached hydrogen (secondary N) is 1. The molecule has 0 amide bonds. The van der Waals surface area contributed by atoms with E-state index in [0.717, 1.165) is 23.7 Å². The molecule has 8 aliphatic carbocycles. The van der Waals surface area contributed by atoms with Gasteiger partial charge in [-0.3, -0.25) is 0 Å². The highest BCUT2D eigenvalue weighted by molar-refractivity contribution is 5.19. The van der Waals surface area contributed by atoms with Crippen LogP contribution in [0, 0.1) is 34.5 Å². The summed E-state index contributed by atoms with van der Waals surface area (Å²) >= 11 is 0. The van der Waals surface area contributed by atoms with E-state index in [-0.39, 0.29) is 0 Å². The first kappa shape index (κ1) is 18.7. The molecule has 0 spiro atoms. The van der Waals surface area contributed by atoms with Crippen LogP contribution in [-0.2, 0) is 0 Å². The summed E-state index contributed by atoms with van der Waals surface area (Å²) in [5.74, 6) is 4.27. The van der Waals surface area contributed by atoms with Crippen molar-refractivity contribution in [1.82, 2.24) is 5.32 Å².